The van der Waals surface area contributed by atoms with E-state index in [1.54, 1.807) is 12.1 Å². The fourth-order valence-electron chi connectivity index (χ4n) is 2.50. The summed E-state index contributed by atoms with van der Waals surface area (Å²) < 4.78 is 5.09. The molecule has 11 heteroatoms. The first kappa shape index (κ1) is 20.7. The molecule has 1 saturated heterocycles. The molecule has 1 amide bonds. The van der Waals surface area contributed by atoms with Gasteiger partial charge in [-0.15, -0.1) is 0 Å². The molecule has 1 aromatic carbocycles. The predicted molar refractivity (Wildman–Crippen MR) is 104 cm³/mol. The summed E-state index contributed by atoms with van der Waals surface area (Å²) in [5, 5.41) is 9.78. The predicted octanol–water partition coefficient (Wildman–Crippen LogP) is 2.73. The van der Waals surface area contributed by atoms with Crippen LogP contribution in [0.1, 0.15) is 22.3 Å². The molecule has 9 nitrogen and oxygen atoms in total. The Morgan fingerprint density at radius 2 is 2.07 bits per heavy atom. The van der Waals surface area contributed by atoms with E-state index >= 15 is 0 Å². The van der Waals surface area contributed by atoms with Gasteiger partial charge in [0.15, 0.2) is 0 Å². The first-order valence-electron chi connectivity index (χ1n) is 8.33. The molecule has 0 radical (unpaired) electrons. The largest absolute Gasteiger partial charge is 0.458 e. The Morgan fingerprint density at radius 3 is 2.66 bits per heavy atom. The van der Waals surface area contributed by atoms with Crippen LogP contribution in [-0.4, -0.2) is 42.7 Å². The molecule has 1 fully saturated rings. The number of nitrogens with zero attached hydrogens (tertiary/aromatic N) is 3. The molecule has 1 aromatic heterocycles. The van der Waals surface area contributed by atoms with E-state index in [1.807, 2.05) is 0 Å². The number of aromatic nitrogens is 1. The van der Waals surface area contributed by atoms with Gasteiger partial charge in [0.25, 0.3) is 5.69 Å². The van der Waals surface area contributed by atoms with Crippen LogP contribution in [0.5, 0.6) is 0 Å². The van der Waals surface area contributed by atoms with Crippen molar-refractivity contribution in [2.24, 2.45) is 0 Å². The number of carbonyl (C=O) groups is 3. The number of carbonyl (C=O) groups excluding carboxylic acids is 3. The van der Waals surface area contributed by atoms with E-state index in [1.165, 1.54) is 36.7 Å². The molecule has 1 unspecified atom stereocenters. The third-order valence-electron chi connectivity index (χ3n) is 4.05. The van der Waals surface area contributed by atoms with Gasteiger partial charge in [0.2, 0.25) is 16.5 Å². The molecular formula is C18H14ClN3O6S. The van der Waals surface area contributed by atoms with Crippen LogP contribution in [-0.2, 0) is 20.9 Å². The first-order valence-corrected chi connectivity index (χ1v) is 9.64. The van der Waals surface area contributed by atoms with Crippen molar-refractivity contribution < 1.29 is 24.0 Å². The van der Waals surface area contributed by atoms with E-state index in [4.69, 9.17) is 16.3 Å². The molecule has 2 aromatic rings. The smallest absolute Gasteiger partial charge is 0.345 e. The van der Waals surface area contributed by atoms with Gasteiger partial charge in [-0.1, -0.05) is 23.4 Å². The van der Waals surface area contributed by atoms with Gasteiger partial charge in [-0.2, -0.15) is 0 Å². The number of amides is 1. The number of halogens is 1. The van der Waals surface area contributed by atoms with Gasteiger partial charge in [-0.3, -0.25) is 24.7 Å². The van der Waals surface area contributed by atoms with Crippen LogP contribution in [0.15, 0.2) is 48.8 Å². The van der Waals surface area contributed by atoms with E-state index in [-0.39, 0.29) is 29.7 Å². The molecule has 0 spiro atoms. The van der Waals surface area contributed by atoms with Crippen molar-refractivity contribution in [2.45, 2.75) is 23.9 Å². The van der Waals surface area contributed by atoms with Gasteiger partial charge in [0.1, 0.15) is 6.61 Å². The molecule has 3 rings (SSSR count). The van der Waals surface area contributed by atoms with Crippen LogP contribution >= 0.6 is 23.4 Å². The molecule has 1 aliphatic rings. The van der Waals surface area contributed by atoms with E-state index in [0.29, 0.717) is 11.1 Å². The fraction of sp³-hybridized carbons (Fsp3) is 0.222. The van der Waals surface area contributed by atoms with Gasteiger partial charge >= 0.3 is 5.97 Å². The molecule has 0 N–H and O–H groups in total. The highest BCUT2D eigenvalue weighted by Gasteiger charge is 2.45. The summed E-state index contributed by atoms with van der Waals surface area (Å²) >= 11 is 6.98. The fourth-order valence-corrected chi connectivity index (χ4v) is 3.96. The highest BCUT2D eigenvalue weighted by molar-refractivity contribution is 8.14. The van der Waals surface area contributed by atoms with Gasteiger partial charge in [-0.25, -0.2) is 4.79 Å². The number of nitro groups is 1. The number of non-ortho nitro benzene ring substituents is 1. The number of β-lactam (4-membered cyclic amide) rings is 1. The van der Waals surface area contributed by atoms with Crippen LogP contribution in [0.25, 0.3) is 0 Å². The number of likely N-dealkylation sites (tertiary alicyclic amines) is 1. The second-order valence-corrected chi connectivity index (χ2v) is 7.54. The summed E-state index contributed by atoms with van der Waals surface area (Å²) in [4.78, 5) is 51.5. The van der Waals surface area contributed by atoms with Gasteiger partial charge in [0.05, 0.1) is 16.7 Å². The van der Waals surface area contributed by atoms with E-state index in [0.717, 1.165) is 16.7 Å². The number of benzene rings is 1. The molecule has 29 heavy (non-hydrogen) atoms. The number of esters is 1. The van der Waals surface area contributed by atoms with Crippen LogP contribution < -0.4 is 0 Å². The minimum absolute atomic E-state index is 0.0789. The second kappa shape index (κ2) is 9.01. The number of rotatable bonds is 7. The zero-order valence-electron chi connectivity index (χ0n) is 14.8. The van der Waals surface area contributed by atoms with Crippen LogP contribution in [0.2, 0.25) is 0 Å². The molecular weight excluding hydrogens is 422 g/mol. The lowest BCUT2D eigenvalue weighted by atomic mass is 10.2. The molecule has 0 bridgehead atoms. The SMILES string of the molecule is O=C(S[C@H]1CC(=O)N1C(Cl)C(=O)OCc1ccc([N+](=O)[O-])cc1)c1cccnc1. The molecule has 2 atom stereocenters. The summed E-state index contributed by atoms with van der Waals surface area (Å²) in [7, 11) is 0. The van der Waals surface area contributed by atoms with E-state index < -0.39 is 21.8 Å². The summed E-state index contributed by atoms with van der Waals surface area (Å²) in [5.41, 5.74) is -0.558. The third kappa shape index (κ3) is 4.90. The number of ether oxygens (including phenoxy) is 1. The van der Waals surface area contributed by atoms with Gasteiger partial charge < -0.3 is 9.64 Å². The van der Waals surface area contributed by atoms with Crippen molar-refractivity contribution in [3.8, 4) is 0 Å². The van der Waals surface area contributed by atoms with E-state index in [2.05, 4.69) is 4.98 Å². The minimum atomic E-state index is -1.38. The lowest BCUT2D eigenvalue weighted by Gasteiger charge is -2.41. The third-order valence-corrected chi connectivity index (χ3v) is 5.56. The van der Waals surface area contributed by atoms with Crippen molar-refractivity contribution in [3.63, 3.8) is 0 Å². The summed E-state index contributed by atoms with van der Waals surface area (Å²) in [6.07, 6.45) is 3.03. The second-order valence-electron chi connectivity index (χ2n) is 5.97. The molecule has 150 valence electrons. The Kier molecular flexibility index (Phi) is 6.45. The monoisotopic (exact) mass is 435 g/mol. The number of pyridine rings is 1. The summed E-state index contributed by atoms with van der Waals surface area (Å²) in [6, 6.07) is 8.71. The average molecular weight is 436 g/mol. The highest BCUT2D eigenvalue weighted by atomic mass is 35.5. The topological polar surface area (TPSA) is 120 Å². The zero-order chi connectivity index (χ0) is 21.0. The summed E-state index contributed by atoms with van der Waals surface area (Å²) in [6.45, 7) is -0.158. The molecule has 2 heterocycles. The Labute approximate surface area is 174 Å². The van der Waals surface area contributed by atoms with Crippen molar-refractivity contribution in [1.82, 2.24) is 9.88 Å². The lowest BCUT2D eigenvalue weighted by molar-refractivity contribution is -0.384. The van der Waals surface area contributed by atoms with E-state index in [9.17, 15) is 24.5 Å². The maximum absolute atomic E-state index is 12.3. The number of hydrogen-bond acceptors (Lipinski definition) is 8. The Hall–Kier alpha value is -2.98. The lowest BCUT2D eigenvalue weighted by Crippen LogP contribution is -2.57. The number of thioether (sulfide) groups is 1. The normalized spacial score (nSPS) is 16.7. The van der Waals surface area contributed by atoms with Crippen molar-refractivity contribution in [1.29, 1.82) is 0 Å². The Morgan fingerprint density at radius 1 is 1.34 bits per heavy atom. The van der Waals surface area contributed by atoms with Gasteiger partial charge in [0, 0.05) is 30.1 Å². The maximum atomic E-state index is 12.3. The zero-order valence-corrected chi connectivity index (χ0v) is 16.3. The Balaban J connectivity index is 1.55. The van der Waals surface area contributed by atoms with Crippen LogP contribution in [0.3, 0.4) is 0 Å². The maximum Gasteiger partial charge on any atom is 0.345 e. The first-order chi connectivity index (χ1) is 13.9. The van der Waals surface area contributed by atoms with Crippen LogP contribution in [0.4, 0.5) is 5.69 Å². The number of hydrogen-bond donors (Lipinski definition) is 0. The van der Waals surface area contributed by atoms with Crippen molar-refractivity contribution in [3.05, 3.63) is 70.0 Å². The highest BCUT2D eigenvalue weighted by Crippen LogP contribution is 2.35. The number of nitro benzene ring substituents is 1. The minimum Gasteiger partial charge on any atom is -0.458 e. The van der Waals surface area contributed by atoms with Crippen molar-refractivity contribution >= 4 is 46.0 Å². The average Bonchev–Trinajstić information content (AvgIpc) is 2.72. The number of alkyl halides is 1. The standard InChI is InChI=1S/C18H14ClN3O6S/c19-16(17(24)28-10-11-3-5-13(6-4-11)22(26)27)21-14(23)8-15(21)29-18(25)12-2-1-7-20-9-12/h1-7,9,15-16H,8,10H2/t15-,16?/m0/s1. The quantitative estimate of drug-likeness (QED) is 0.162. The molecule has 0 aliphatic carbocycles. The molecule has 0 saturated carbocycles. The molecule has 1 aliphatic heterocycles. The van der Waals surface area contributed by atoms with Gasteiger partial charge in [-0.05, 0) is 29.8 Å². The van der Waals surface area contributed by atoms with Crippen molar-refractivity contribution in [2.75, 3.05) is 0 Å². The summed E-state index contributed by atoms with van der Waals surface area (Å²) in [5.74, 6) is -1.22. The Bertz CT molecular complexity index is 940. The van der Waals surface area contributed by atoms with Crippen LogP contribution in [0, 0.1) is 10.1 Å².